The lowest BCUT2D eigenvalue weighted by Gasteiger charge is -2.29. The van der Waals surface area contributed by atoms with Gasteiger partial charge in [-0.05, 0) is 54.2 Å². The topological polar surface area (TPSA) is 58.4 Å². The highest BCUT2D eigenvalue weighted by Gasteiger charge is 2.50. The summed E-state index contributed by atoms with van der Waals surface area (Å²) in [5, 5.41) is 3.40. The minimum absolute atomic E-state index is 0.261. The number of anilines is 1. The number of halogens is 1. The first-order valence-corrected chi connectivity index (χ1v) is 7.89. The van der Waals surface area contributed by atoms with Crippen molar-refractivity contribution in [3.63, 3.8) is 0 Å². The normalized spacial score (nSPS) is 30.4. The van der Waals surface area contributed by atoms with E-state index in [0.29, 0.717) is 18.6 Å². The van der Waals surface area contributed by atoms with Gasteiger partial charge < -0.3 is 11.1 Å². The number of amides is 1. The van der Waals surface area contributed by atoms with Gasteiger partial charge >= 0.3 is 0 Å². The molecule has 2 aliphatic rings. The molecular formula is C15H20BrN3O. The molecule has 1 aliphatic carbocycles. The molecule has 2 atom stereocenters. The van der Waals surface area contributed by atoms with E-state index in [1.807, 2.05) is 24.3 Å². The van der Waals surface area contributed by atoms with Gasteiger partial charge in [0.1, 0.15) is 5.54 Å². The van der Waals surface area contributed by atoms with Crippen LogP contribution in [-0.2, 0) is 4.79 Å². The Kier molecular flexibility index (Phi) is 3.50. The Morgan fingerprint density at radius 3 is 2.75 bits per heavy atom. The molecule has 3 N–H and O–H groups in total. The van der Waals surface area contributed by atoms with Gasteiger partial charge in [0.25, 0.3) is 0 Å². The van der Waals surface area contributed by atoms with Crippen LogP contribution in [0.2, 0.25) is 0 Å². The average Bonchev–Trinajstić information content (AvgIpc) is 3.17. The molecule has 2 fully saturated rings. The molecule has 0 radical (unpaired) electrons. The summed E-state index contributed by atoms with van der Waals surface area (Å²) in [5.41, 5.74) is 6.00. The number of para-hydroxylation sites is 1. The predicted molar refractivity (Wildman–Crippen MR) is 83.5 cm³/mol. The molecule has 0 spiro atoms. The molecule has 108 valence electrons. The minimum atomic E-state index is -0.661. The molecule has 1 saturated carbocycles. The highest BCUT2D eigenvalue weighted by Crippen LogP contribution is 2.39. The first-order valence-electron chi connectivity index (χ1n) is 7.10. The lowest BCUT2D eigenvalue weighted by Crippen LogP contribution is -2.52. The van der Waals surface area contributed by atoms with E-state index in [4.69, 9.17) is 5.73 Å². The van der Waals surface area contributed by atoms with Crippen LogP contribution < -0.4 is 11.1 Å². The molecule has 5 heteroatoms. The number of carbonyl (C=O) groups excluding carboxylic acids is 1. The molecular weight excluding hydrogens is 318 g/mol. The zero-order valence-electron chi connectivity index (χ0n) is 11.6. The number of benzene rings is 1. The number of nitrogens with zero attached hydrogens (tertiary/aromatic N) is 1. The van der Waals surface area contributed by atoms with Crippen LogP contribution in [-0.4, -0.2) is 35.0 Å². The summed E-state index contributed by atoms with van der Waals surface area (Å²) in [6.45, 7) is 2.89. The first-order chi connectivity index (χ1) is 9.52. The average molecular weight is 338 g/mol. The quantitative estimate of drug-likeness (QED) is 0.886. The maximum atomic E-state index is 12.1. The van der Waals surface area contributed by atoms with Gasteiger partial charge in [0.05, 0.1) is 0 Å². The van der Waals surface area contributed by atoms with Crippen LogP contribution in [0.25, 0.3) is 0 Å². The van der Waals surface area contributed by atoms with Crippen LogP contribution in [0.5, 0.6) is 0 Å². The summed E-state index contributed by atoms with van der Waals surface area (Å²) >= 11 is 3.52. The van der Waals surface area contributed by atoms with Gasteiger partial charge in [-0.1, -0.05) is 12.1 Å². The van der Waals surface area contributed by atoms with E-state index in [-0.39, 0.29) is 5.91 Å². The molecule has 4 nitrogen and oxygen atoms in total. The smallest absolute Gasteiger partial charge is 0.244 e. The van der Waals surface area contributed by atoms with Crippen molar-refractivity contribution in [1.29, 1.82) is 0 Å². The Labute approximate surface area is 127 Å². The molecule has 1 saturated heterocycles. The van der Waals surface area contributed by atoms with Gasteiger partial charge in [-0.2, -0.15) is 0 Å². The minimum Gasteiger partial charge on any atom is -0.369 e. The maximum Gasteiger partial charge on any atom is 0.244 e. The van der Waals surface area contributed by atoms with E-state index >= 15 is 0 Å². The van der Waals surface area contributed by atoms with Crippen LogP contribution in [0.3, 0.4) is 0 Å². The molecule has 3 rings (SSSR count). The number of primary amides is 1. The fourth-order valence-corrected chi connectivity index (χ4v) is 3.58. The highest BCUT2D eigenvalue weighted by molar-refractivity contribution is 9.10. The van der Waals surface area contributed by atoms with Crippen molar-refractivity contribution in [3.05, 3.63) is 28.7 Å². The third kappa shape index (κ3) is 2.44. The van der Waals surface area contributed by atoms with Crippen molar-refractivity contribution in [2.75, 3.05) is 11.9 Å². The third-order valence-corrected chi connectivity index (χ3v) is 5.09. The van der Waals surface area contributed by atoms with Gasteiger partial charge in [-0.3, -0.25) is 9.69 Å². The van der Waals surface area contributed by atoms with E-state index in [0.717, 1.165) is 16.6 Å². The second kappa shape index (κ2) is 5.04. The maximum absolute atomic E-state index is 12.1. The molecule has 0 bridgehead atoms. The molecule has 2 unspecified atom stereocenters. The molecule has 1 aromatic carbocycles. The number of nitrogens with one attached hydrogen (secondary N) is 1. The van der Waals surface area contributed by atoms with Crippen molar-refractivity contribution in [3.8, 4) is 0 Å². The van der Waals surface area contributed by atoms with Crippen LogP contribution in [0.4, 0.5) is 5.69 Å². The van der Waals surface area contributed by atoms with Crippen molar-refractivity contribution >= 4 is 27.5 Å². The van der Waals surface area contributed by atoms with Gasteiger partial charge in [-0.25, -0.2) is 0 Å². The number of nitrogens with two attached hydrogens (primary N) is 1. The van der Waals surface area contributed by atoms with Crippen LogP contribution in [0, 0.1) is 0 Å². The summed E-state index contributed by atoms with van der Waals surface area (Å²) in [4.78, 5) is 14.5. The molecule has 1 aromatic rings. The van der Waals surface area contributed by atoms with Gasteiger partial charge in [-0.15, -0.1) is 0 Å². The van der Waals surface area contributed by atoms with E-state index in [1.165, 1.54) is 12.8 Å². The van der Waals surface area contributed by atoms with Crippen LogP contribution in [0.1, 0.15) is 26.2 Å². The number of hydrogen-bond acceptors (Lipinski definition) is 3. The number of likely N-dealkylation sites (tertiary alicyclic amines) is 1. The second-order valence-electron chi connectivity index (χ2n) is 6.01. The number of rotatable bonds is 4. The van der Waals surface area contributed by atoms with Crippen LogP contribution >= 0.6 is 15.9 Å². The van der Waals surface area contributed by atoms with Gasteiger partial charge in [0.15, 0.2) is 0 Å². The van der Waals surface area contributed by atoms with E-state index < -0.39 is 5.54 Å². The molecule has 1 heterocycles. The standard InChI is InChI=1S/C15H20BrN3O/c1-10-8-15(14(17)20,9-19(10)11-6-7-11)18-13-5-3-2-4-12(13)16/h2-5,10-11,18H,6-9H2,1H3,(H2,17,20). The highest BCUT2D eigenvalue weighted by atomic mass is 79.9. The van der Waals surface area contributed by atoms with Crippen LogP contribution in [0.15, 0.2) is 28.7 Å². The SMILES string of the molecule is CC1CC(Nc2ccccc2Br)(C(N)=O)CN1C1CC1. The monoisotopic (exact) mass is 337 g/mol. The first kappa shape index (κ1) is 13.9. The van der Waals surface area contributed by atoms with Gasteiger partial charge in [0.2, 0.25) is 5.91 Å². The third-order valence-electron chi connectivity index (χ3n) is 4.40. The summed E-state index contributed by atoms with van der Waals surface area (Å²) in [6.07, 6.45) is 3.25. The van der Waals surface area contributed by atoms with E-state index in [2.05, 4.69) is 33.1 Å². The zero-order valence-corrected chi connectivity index (χ0v) is 13.2. The second-order valence-corrected chi connectivity index (χ2v) is 6.86. The summed E-state index contributed by atoms with van der Waals surface area (Å²) in [5.74, 6) is -0.261. The number of carbonyl (C=O) groups is 1. The Hall–Kier alpha value is -1.07. The fraction of sp³-hybridized carbons (Fsp3) is 0.533. The lowest BCUT2D eigenvalue weighted by molar-refractivity contribution is -0.121. The Bertz CT molecular complexity index is 532. The van der Waals surface area contributed by atoms with E-state index in [1.54, 1.807) is 0 Å². The Morgan fingerprint density at radius 1 is 1.45 bits per heavy atom. The van der Waals surface area contributed by atoms with Crippen molar-refractivity contribution in [2.24, 2.45) is 5.73 Å². The van der Waals surface area contributed by atoms with Crippen molar-refractivity contribution < 1.29 is 4.79 Å². The van der Waals surface area contributed by atoms with Gasteiger partial charge in [0, 0.05) is 28.8 Å². The molecule has 1 amide bonds. The van der Waals surface area contributed by atoms with E-state index in [9.17, 15) is 4.79 Å². The molecule has 0 aromatic heterocycles. The Balaban J connectivity index is 1.86. The van der Waals surface area contributed by atoms with Crippen molar-refractivity contribution in [1.82, 2.24) is 4.90 Å². The Morgan fingerprint density at radius 2 is 2.15 bits per heavy atom. The van der Waals surface area contributed by atoms with Crippen molar-refractivity contribution in [2.45, 2.75) is 43.8 Å². The fourth-order valence-electron chi connectivity index (χ4n) is 3.20. The molecule has 20 heavy (non-hydrogen) atoms. The largest absolute Gasteiger partial charge is 0.369 e. The summed E-state index contributed by atoms with van der Waals surface area (Å²) in [7, 11) is 0. The predicted octanol–water partition coefficient (Wildman–Crippen LogP) is 2.34. The lowest BCUT2D eigenvalue weighted by atomic mass is 9.95. The zero-order chi connectivity index (χ0) is 14.3. The molecule has 1 aliphatic heterocycles. The number of hydrogen-bond donors (Lipinski definition) is 2. The summed E-state index contributed by atoms with van der Waals surface area (Å²) < 4.78 is 0.957. The summed E-state index contributed by atoms with van der Waals surface area (Å²) in [6, 6.07) is 8.89.